The number of oxime groups is 1. The number of methoxy groups -OCH3 is 4. The summed E-state index contributed by atoms with van der Waals surface area (Å²) >= 11 is 0. The number of aromatic amines is 1. The summed E-state index contributed by atoms with van der Waals surface area (Å²) in [6.45, 7) is 1.40. The summed E-state index contributed by atoms with van der Waals surface area (Å²) in [6, 6.07) is 15.2. The van der Waals surface area contributed by atoms with E-state index in [9.17, 15) is 0 Å². The number of fused-ring (bicyclic) bond motifs is 5. The van der Waals surface area contributed by atoms with Crippen molar-refractivity contribution >= 4 is 29.0 Å². The Balaban J connectivity index is 0.00000353. The van der Waals surface area contributed by atoms with Crippen LogP contribution in [0.4, 0.5) is 0 Å². The van der Waals surface area contributed by atoms with Gasteiger partial charge in [0, 0.05) is 52.3 Å². The van der Waals surface area contributed by atoms with E-state index in [1.165, 1.54) is 0 Å². The number of hydrogen-bond acceptors (Lipinski definition) is 8. The van der Waals surface area contributed by atoms with Crippen molar-refractivity contribution in [2.75, 3.05) is 55.7 Å². The van der Waals surface area contributed by atoms with Crippen LogP contribution in [0.15, 0.2) is 53.7 Å². The van der Waals surface area contributed by atoms with Crippen LogP contribution in [0.5, 0.6) is 34.5 Å². The van der Waals surface area contributed by atoms with Crippen LogP contribution in [0, 0.1) is 0 Å². The summed E-state index contributed by atoms with van der Waals surface area (Å²) in [5.74, 6) is 3.70. The minimum absolute atomic E-state index is 0. The average molecular weight is 554 g/mol. The standard InChI is InChI=1S/C29H31N3O6.ClH/c1-32(2)9-10-37-17-7-8-24-23(14-17)27-28(30-24)21-15-25(35-5)26(36-6)16-22(21)29(27)31-38-20-12-18(33-3)11-19(13-20)34-4;/h7-8,11-16,30H,9-10H2,1-6H3;1H/b31-29-;. The molecule has 3 aromatic carbocycles. The Morgan fingerprint density at radius 1 is 0.744 bits per heavy atom. The summed E-state index contributed by atoms with van der Waals surface area (Å²) in [7, 11) is 10.5. The first-order chi connectivity index (χ1) is 18.4. The summed E-state index contributed by atoms with van der Waals surface area (Å²) < 4.78 is 28.0. The molecular formula is C29H32ClN3O6. The Labute approximate surface area is 233 Å². The van der Waals surface area contributed by atoms with Crippen molar-refractivity contribution < 1.29 is 28.5 Å². The maximum atomic E-state index is 6.03. The highest BCUT2D eigenvalue weighted by atomic mass is 35.5. The quantitative estimate of drug-likeness (QED) is 0.232. The van der Waals surface area contributed by atoms with Gasteiger partial charge >= 0.3 is 0 Å². The molecule has 10 heteroatoms. The van der Waals surface area contributed by atoms with Crippen molar-refractivity contribution in [3.05, 3.63) is 59.7 Å². The predicted molar refractivity (Wildman–Crippen MR) is 154 cm³/mol. The van der Waals surface area contributed by atoms with E-state index in [0.29, 0.717) is 41.1 Å². The van der Waals surface area contributed by atoms with Gasteiger partial charge in [0.1, 0.15) is 29.6 Å². The highest BCUT2D eigenvalue weighted by molar-refractivity contribution is 6.30. The first kappa shape index (κ1) is 27.9. The van der Waals surface area contributed by atoms with E-state index < -0.39 is 0 Å². The molecule has 1 aromatic heterocycles. The Hall–Kier alpha value is -4.08. The molecule has 0 saturated heterocycles. The molecule has 9 nitrogen and oxygen atoms in total. The van der Waals surface area contributed by atoms with Crippen molar-refractivity contribution in [2.45, 2.75) is 0 Å². The van der Waals surface area contributed by atoms with E-state index in [0.717, 1.165) is 45.6 Å². The average Bonchev–Trinajstić information content (AvgIpc) is 3.44. The van der Waals surface area contributed by atoms with Crippen LogP contribution in [-0.2, 0) is 0 Å². The van der Waals surface area contributed by atoms with Crippen LogP contribution < -0.4 is 28.5 Å². The number of likely N-dealkylation sites (N-methyl/N-ethyl adjacent to an activating group) is 1. The third-order valence-corrected chi connectivity index (χ3v) is 6.43. The van der Waals surface area contributed by atoms with Crippen molar-refractivity contribution in [3.63, 3.8) is 0 Å². The summed E-state index contributed by atoms with van der Waals surface area (Å²) in [5, 5.41) is 5.61. The molecule has 0 fully saturated rings. The fraction of sp³-hybridized carbons (Fsp3) is 0.276. The molecule has 0 saturated carbocycles. The summed E-state index contributed by atoms with van der Waals surface area (Å²) in [4.78, 5) is 11.6. The molecular weight excluding hydrogens is 522 g/mol. The summed E-state index contributed by atoms with van der Waals surface area (Å²) in [5.41, 5.74) is 5.26. The molecule has 1 N–H and O–H groups in total. The monoisotopic (exact) mass is 553 g/mol. The number of nitrogens with zero attached hydrogens (tertiary/aromatic N) is 2. The van der Waals surface area contributed by atoms with Crippen LogP contribution in [0.25, 0.3) is 22.2 Å². The van der Waals surface area contributed by atoms with Gasteiger partial charge in [-0.25, -0.2) is 0 Å². The van der Waals surface area contributed by atoms with Crippen LogP contribution in [0.1, 0.15) is 11.1 Å². The number of rotatable bonds is 10. The number of benzene rings is 3. The van der Waals surface area contributed by atoms with Gasteiger partial charge in [-0.3, -0.25) is 0 Å². The molecule has 1 aliphatic carbocycles. The smallest absolute Gasteiger partial charge is 0.165 e. The minimum atomic E-state index is 0. The Morgan fingerprint density at radius 3 is 2.00 bits per heavy atom. The topological polar surface area (TPSA) is 86.8 Å². The van der Waals surface area contributed by atoms with E-state index in [2.05, 4.69) is 15.0 Å². The van der Waals surface area contributed by atoms with Crippen LogP contribution in [0.2, 0.25) is 0 Å². The van der Waals surface area contributed by atoms with Gasteiger partial charge in [-0.05, 0) is 44.4 Å². The van der Waals surface area contributed by atoms with Gasteiger partial charge in [0.15, 0.2) is 17.2 Å². The predicted octanol–water partition coefficient (Wildman–Crippen LogP) is 5.38. The number of hydrogen-bond donors (Lipinski definition) is 1. The third kappa shape index (κ3) is 5.41. The van der Waals surface area contributed by atoms with Crippen LogP contribution in [0.3, 0.4) is 0 Å². The van der Waals surface area contributed by atoms with Crippen molar-refractivity contribution in [2.24, 2.45) is 5.16 Å². The fourth-order valence-electron chi connectivity index (χ4n) is 4.50. The maximum absolute atomic E-state index is 6.03. The van der Waals surface area contributed by atoms with Crippen LogP contribution in [-0.4, -0.2) is 71.3 Å². The molecule has 206 valence electrons. The van der Waals surface area contributed by atoms with Gasteiger partial charge in [-0.1, -0.05) is 5.16 Å². The largest absolute Gasteiger partial charge is 0.496 e. The molecule has 0 spiro atoms. The normalized spacial score (nSPS) is 12.6. The Bertz CT molecular complexity index is 1490. The van der Waals surface area contributed by atoms with Gasteiger partial charge in [0.2, 0.25) is 0 Å². The molecule has 4 aromatic rings. The van der Waals surface area contributed by atoms with Gasteiger partial charge in [0.05, 0.1) is 34.1 Å². The van der Waals surface area contributed by atoms with Gasteiger partial charge in [-0.2, -0.15) is 0 Å². The molecule has 0 aliphatic heterocycles. The zero-order valence-electron chi connectivity index (χ0n) is 22.8. The molecule has 0 atom stereocenters. The second-order valence-electron chi connectivity index (χ2n) is 9.07. The third-order valence-electron chi connectivity index (χ3n) is 6.43. The van der Waals surface area contributed by atoms with E-state index in [1.54, 1.807) is 46.6 Å². The lowest BCUT2D eigenvalue weighted by atomic mass is 10.1. The molecule has 0 unspecified atom stereocenters. The van der Waals surface area contributed by atoms with Gasteiger partial charge < -0.3 is 38.4 Å². The maximum Gasteiger partial charge on any atom is 0.165 e. The first-order valence-electron chi connectivity index (χ1n) is 12.1. The lowest BCUT2D eigenvalue weighted by Gasteiger charge is -2.12. The second-order valence-corrected chi connectivity index (χ2v) is 9.07. The highest BCUT2D eigenvalue weighted by Gasteiger charge is 2.32. The van der Waals surface area contributed by atoms with E-state index in [4.69, 9.17) is 28.5 Å². The molecule has 39 heavy (non-hydrogen) atoms. The van der Waals surface area contributed by atoms with E-state index in [1.807, 2.05) is 44.4 Å². The van der Waals surface area contributed by atoms with Gasteiger partial charge in [-0.15, -0.1) is 12.4 Å². The lowest BCUT2D eigenvalue weighted by Crippen LogP contribution is -2.19. The van der Waals surface area contributed by atoms with Crippen molar-refractivity contribution in [1.29, 1.82) is 0 Å². The SMILES string of the molecule is COc1cc(OC)cc(O/N=C2/c3cc(OC)c(OC)cc3-c3[nH]c4ccc(OCCN(C)C)cc4c32)c1.Cl. The number of ether oxygens (including phenoxy) is 5. The van der Waals surface area contributed by atoms with E-state index >= 15 is 0 Å². The van der Waals surface area contributed by atoms with E-state index in [-0.39, 0.29) is 12.4 Å². The molecule has 1 aliphatic rings. The molecule has 0 radical (unpaired) electrons. The molecule has 0 amide bonds. The zero-order valence-corrected chi connectivity index (χ0v) is 23.6. The van der Waals surface area contributed by atoms with Crippen molar-refractivity contribution in [1.82, 2.24) is 9.88 Å². The number of halogens is 1. The Kier molecular flexibility index (Phi) is 8.42. The highest BCUT2D eigenvalue weighted by Crippen LogP contribution is 2.46. The van der Waals surface area contributed by atoms with Crippen LogP contribution >= 0.6 is 12.4 Å². The molecule has 5 rings (SSSR count). The van der Waals surface area contributed by atoms with Crippen molar-refractivity contribution in [3.8, 4) is 45.8 Å². The molecule has 1 heterocycles. The lowest BCUT2D eigenvalue weighted by molar-refractivity contribution is 0.261. The zero-order chi connectivity index (χ0) is 26.8. The summed E-state index contributed by atoms with van der Waals surface area (Å²) in [6.07, 6.45) is 0. The number of nitrogens with one attached hydrogen (secondary N) is 1. The first-order valence-corrected chi connectivity index (χ1v) is 12.1. The minimum Gasteiger partial charge on any atom is -0.496 e. The Morgan fingerprint density at radius 2 is 1.38 bits per heavy atom. The fourth-order valence-corrected chi connectivity index (χ4v) is 4.50. The number of H-pyrrole nitrogens is 1. The van der Waals surface area contributed by atoms with Gasteiger partial charge in [0.25, 0.3) is 0 Å². The number of aromatic nitrogens is 1. The second kappa shape index (κ2) is 11.8. The molecule has 0 bridgehead atoms.